The van der Waals surface area contributed by atoms with E-state index in [1.807, 2.05) is 19.1 Å². The Morgan fingerprint density at radius 2 is 2.00 bits per heavy atom. The van der Waals surface area contributed by atoms with Crippen molar-refractivity contribution in [1.29, 1.82) is 0 Å². The third-order valence-electron chi connectivity index (χ3n) is 2.83. The molecule has 0 aliphatic carbocycles. The fourth-order valence-electron chi connectivity index (χ4n) is 1.64. The predicted molar refractivity (Wildman–Crippen MR) is 67.4 cm³/mol. The van der Waals surface area contributed by atoms with Crippen LogP contribution in [-0.2, 0) is 0 Å². The predicted octanol–water partition coefficient (Wildman–Crippen LogP) is 2.50. The van der Waals surface area contributed by atoms with E-state index in [1.165, 1.54) is 0 Å². The van der Waals surface area contributed by atoms with Crippen LogP contribution in [0.3, 0.4) is 0 Å². The molecule has 0 saturated carbocycles. The lowest BCUT2D eigenvalue weighted by Crippen LogP contribution is -2.34. The Morgan fingerprint density at radius 3 is 2.56 bits per heavy atom. The highest BCUT2D eigenvalue weighted by Gasteiger charge is 2.12. The number of aryl methyl sites for hydroxylation is 1. The lowest BCUT2D eigenvalue weighted by Gasteiger charge is -2.15. The maximum Gasteiger partial charge on any atom is 0.251 e. The van der Waals surface area contributed by atoms with Gasteiger partial charge in [-0.3, -0.25) is 4.79 Å². The summed E-state index contributed by atoms with van der Waals surface area (Å²) < 4.78 is 0. The molecular weight excluding hydrogens is 200 g/mol. The van der Waals surface area contributed by atoms with Crippen molar-refractivity contribution in [3.63, 3.8) is 0 Å². The zero-order valence-corrected chi connectivity index (χ0v) is 10.2. The van der Waals surface area contributed by atoms with Crippen molar-refractivity contribution in [1.82, 2.24) is 5.32 Å². The number of nitrogens with two attached hydrogens (primary N) is 1. The molecule has 1 rings (SSSR count). The number of amides is 1. The number of anilines is 1. The van der Waals surface area contributed by atoms with Gasteiger partial charge in [-0.25, -0.2) is 0 Å². The molecule has 3 nitrogen and oxygen atoms in total. The van der Waals surface area contributed by atoms with Crippen LogP contribution in [0.15, 0.2) is 18.2 Å². The van der Waals surface area contributed by atoms with Gasteiger partial charge in [-0.05, 0) is 37.5 Å². The fourth-order valence-corrected chi connectivity index (χ4v) is 1.64. The average Bonchev–Trinajstić information content (AvgIpc) is 2.28. The number of rotatable bonds is 4. The lowest BCUT2D eigenvalue weighted by molar-refractivity contribution is 0.0934. The molecule has 0 radical (unpaired) electrons. The van der Waals surface area contributed by atoms with E-state index in [0.717, 1.165) is 18.4 Å². The molecule has 0 heterocycles. The molecule has 3 N–H and O–H groups in total. The standard InChI is InChI=1S/C13H20N2O/c1-4-11(5-2)15-13(16)12-8-10(14)7-6-9(12)3/h6-8,11H,4-5,14H2,1-3H3,(H,15,16). The van der Waals surface area contributed by atoms with Gasteiger partial charge < -0.3 is 11.1 Å². The number of hydrogen-bond acceptors (Lipinski definition) is 2. The quantitative estimate of drug-likeness (QED) is 0.766. The van der Waals surface area contributed by atoms with Gasteiger partial charge in [0.25, 0.3) is 5.91 Å². The summed E-state index contributed by atoms with van der Waals surface area (Å²) >= 11 is 0. The molecule has 0 atom stereocenters. The minimum Gasteiger partial charge on any atom is -0.399 e. The zero-order chi connectivity index (χ0) is 12.1. The topological polar surface area (TPSA) is 55.1 Å². The van der Waals surface area contributed by atoms with E-state index in [9.17, 15) is 4.79 Å². The summed E-state index contributed by atoms with van der Waals surface area (Å²) in [5.41, 5.74) is 7.94. The van der Waals surface area contributed by atoms with Crippen molar-refractivity contribution in [3.05, 3.63) is 29.3 Å². The molecular formula is C13H20N2O. The van der Waals surface area contributed by atoms with E-state index in [0.29, 0.717) is 11.3 Å². The van der Waals surface area contributed by atoms with Crippen LogP contribution in [0.2, 0.25) is 0 Å². The van der Waals surface area contributed by atoms with E-state index < -0.39 is 0 Å². The van der Waals surface area contributed by atoms with Crippen molar-refractivity contribution < 1.29 is 4.79 Å². The highest BCUT2D eigenvalue weighted by molar-refractivity contribution is 5.96. The number of nitrogens with one attached hydrogen (secondary N) is 1. The number of hydrogen-bond donors (Lipinski definition) is 2. The van der Waals surface area contributed by atoms with Crippen molar-refractivity contribution in [2.45, 2.75) is 39.7 Å². The summed E-state index contributed by atoms with van der Waals surface area (Å²) in [5.74, 6) is -0.0292. The number of benzene rings is 1. The summed E-state index contributed by atoms with van der Waals surface area (Å²) in [7, 11) is 0. The Balaban J connectivity index is 2.83. The Morgan fingerprint density at radius 1 is 1.38 bits per heavy atom. The smallest absolute Gasteiger partial charge is 0.251 e. The van der Waals surface area contributed by atoms with Gasteiger partial charge in [-0.1, -0.05) is 19.9 Å². The molecule has 0 spiro atoms. The van der Waals surface area contributed by atoms with Crippen molar-refractivity contribution in [2.75, 3.05) is 5.73 Å². The summed E-state index contributed by atoms with van der Waals surface area (Å²) in [6.45, 7) is 6.06. The van der Waals surface area contributed by atoms with Crippen LogP contribution in [0.25, 0.3) is 0 Å². The van der Waals surface area contributed by atoms with Crippen molar-refractivity contribution in [2.24, 2.45) is 0 Å². The molecule has 16 heavy (non-hydrogen) atoms. The maximum atomic E-state index is 12.0. The molecule has 0 bridgehead atoms. The van der Waals surface area contributed by atoms with Crippen LogP contribution >= 0.6 is 0 Å². The average molecular weight is 220 g/mol. The molecule has 3 heteroatoms. The first kappa shape index (κ1) is 12.6. The largest absolute Gasteiger partial charge is 0.399 e. The number of carbonyl (C=O) groups excluding carboxylic acids is 1. The Hall–Kier alpha value is -1.51. The first-order chi connectivity index (χ1) is 7.58. The van der Waals surface area contributed by atoms with Crippen LogP contribution in [0.1, 0.15) is 42.6 Å². The third-order valence-corrected chi connectivity index (χ3v) is 2.83. The van der Waals surface area contributed by atoms with E-state index in [2.05, 4.69) is 19.2 Å². The first-order valence-electron chi connectivity index (χ1n) is 5.75. The van der Waals surface area contributed by atoms with Gasteiger partial charge in [-0.2, -0.15) is 0 Å². The van der Waals surface area contributed by atoms with Gasteiger partial charge >= 0.3 is 0 Å². The van der Waals surface area contributed by atoms with Gasteiger partial charge in [0.2, 0.25) is 0 Å². The van der Waals surface area contributed by atoms with Gasteiger partial charge in [0.15, 0.2) is 0 Å². The normalized spacial score (nSPS) is 10.5. The number of carbonyl (C=O) groups is 1. The number of nitrogen functional groups attached to an aromatic ring is 1. The Kier molecular flexibility index (Phi) is 4.35. The molecule has 1 aromatic rings. The molecule has 0 fully saturated rings. The van der Waals surface area contributed by atoms with Crippen LogP contribution in [0.4, 0.5) is 5.69 Å². The highest BCUT2D eigenvalue weighted by atomic mass is 16.1. The van der Waals surface area contributed by atoms with Crippen LogP contribution in [-0.4, -0.2) is 11.9 Å². The van der Waals surface area contributed by atoms with Crippen molar-refractivity contribution >= 4 is 11.6 Å². The summed E-state index contributed by atoms with van der Waals surface area (Å²) in [6.07, 6.45) is 1.90. The second-order valence-corrected chi connectivity index (χ2v) is 4.06. The van der Waals surface area contributed by atoms with Gasteiger partial charge in [0.05, 0.1) is 0 Å². The summed E-state index contributed by atoms with van der Waals surface area (Å²) in [4.78, 5) is 12.0. The van der Waals surface area contributed by atoms with E-state index in [-0.39, 0.29) is 11.9 Å². The molecule has 0 aliphatic rings. The third kappa shape index (κ3) is 2.99. The maximum absolute atomic E-state index is 12.0. The SMILES string of the molecule is CCC(CC)NC(=O)c1cc(N)ccc1C. The Labute approximate surface area is 97.0 Å². The molecule has 0 saturated heterocycles. The summed E-state index contributed by atoms with van der Waals surface area (Å²) in [6, 6.07) is 5.65. The second-order valence-electron chi connectivity index (χ2n) is 4.06. The van der Waals surface area contributed by atoms with E-state index >= 15 is 0 Å². The van der Waals surface area contributed by atoms with Gasteiger partial charge in [-0.15, -0.1) is 0 Å². The van der Waals surface area contributed by atoms with E-state index in [4.69, 9.17) is 5.73 Å². The second kappa shape index (κ2) is 5.54. The molecule has 88 valence electrons. The molecule has 0 aromatic heterocycles. The minimum atomic E-state index is -0.0292. The summed E-state index contributed by atoms with van der Waals surface area (Å²) in [5, 5.41) is 3.01. The van der Waals surface area contributed by atoms with Crippen LogP contribution in [0, 0.1) is 6.92 Å². The highest BCUT2D eigenvalue weighted by Crippen LogP contribution is 2.13. The Bertz CT molecular complexity index is 370. The van der Waals surface area contributed by atoms with E-state index in [1.54, 1.807) is 6.07 Å². The molecule has 1 amide bonds. The lowest BCUT2D eigenvalue weighted by atomic mass is 10.1. The minimum absolute atomic E-state index is 0.0292. The van der Waals surface area contributed by atoms with Crippen LogP contribution in [0.5, 0.6) is 0 Å². The molecule has 1 aromatic carbocycles. The van der Waals surface area contributed by atoms with Crippen molar-refractivity contribution in [3.8, 4) is 0 Å². The van der Waals surface area contributed by atoms with Crippen LogP contribution < -0.4 is 11.1 Å². The monoisotopic (exact) mass is 220 g/mol. The zero-order valence-electron chi connectivity index (χ0n) is 10.2. The fraction of sp³-hybridized carbons (Fsp3) is 0.462. The molecule has 0 aliphatic heterocycles. The van der Waals surface area contributed by atoms with Gasteiger partial charge in [0.1, 0.15) is 0 Å². The van der Waals surface area contributed by atoms with Gasteiger partial charge in [0, 0.05) is 17.3 Å². The molecule has 0 unspecified atom stereocenters. The first-order valence-corrected chi connectivity index (χ1v) is 5.75.